The monoisotopic (exact) mass is 363 g/mol. The fraction of sp³-hybridized carbons (Fsp3) is 0.273. The van der Waals surface area contributed by atoms with Gasteiger partial charge in [-0.15, -0.1) is 0 Å². The number of ether oxygens (including phenoxy) is 1. The summed E-state index contributed by atoms with van der Waals surface area (Å²) in [5, 5.41) is 7.37. The minimum Gasteiger partial charge on any atom is -0.489 e. The Morgan fingerprint density at radius 1 is 1.07 bits per heavy atom. The molecule has 0 saturated carbocycles. The van der Waals surface area contributed by atoms with Gasteiger partial charge in [-0.05, 0) is 69.2 Å². The van der Waals surface area contributed by atoms with E-state index in [2.05, 4.69) is 10.4 Å². The first-order valence-corrected chi connectivity index (χ1v) is 8.96. The summed E-state index contributed by atoms with van der Waals surface area (Å²) in [7, 11) is 1.93. The molecule has 1 amide bonds. The number of nitrogens with zero attached hydrogens (tertiary/aromatic N) is 2. The molecule has 0 bridgehead atoms. The van der Waals surface area contributed by atoms with Crippen LogP contribution in [0.15, 0.2) is 42.5 Å². The lowest BCUT2D eigenvalue weighted by Gasteiger charge is -2.11. The SMILES string of the molecule is Cc1cccc(NC(=O)c2ccc(OCc3c(C)nn(C)c3C)cc2)c1C. The number of carbonyl (C=O) groups is 1. The number of aryl methyl sites for hydroxylation is 3. The Bertz CT molecular complexity index is 972. The summed E-state index contributed by atoms with van der Waals surface area (Å²) in [5.41, 5.74) is 6.82. The second kappa shape index (κ2) is 7.66. The molecule has 5 heteroatoms. The van der Waals surface area contributed by atoms with Gasteiger partial charge in [0.15, 0.2) is 0 Å². The van der Waals surface area contributed by atoms with E-state index in [-0.39, 0.29) is 5.91 Å². The molecule has 1 aromatic heterocycles. The van der Waals surface area contributed by atoms with Crippen LogP contribution < -0.4 is 10.1 Å². The highest BCUT2D eigenvalue weighted by Crippen LogP contribution is 2.21. The van der Waals surface area contributed by atoms with Gasteiger partial charge in [-0.2, -0.15) is 5.10 Å². The van der Waals surface area contributed by atoms with Crippen molar-refractivity contribution in [1.82, 2.24) is 9.78 Å². The van der Waals surface area contributed by atoms with Gasteiger partial charge >= 0.3 is 0 Å². The van der Waals surface area contributed by atoms with E-state index in [9.17, 15) is 4.79 Å². The fourth-order valence-corrected chi connectivity index (χ4v) is 2.97. The van der Waals surface area contributed by atoms with Crippen LogP contribution in [0, 0.1) is 27.7 Å². The molecule has 3 rings (SSSR count). The lowest BCUT2D eigenvalue weighted by Crippen LogP contribution is -2.13. The zero-order valence-electron chi connectivity index (χ0n) is 16.5. The number of benzene rings is 2. The standard InChI is InChI=1S/C22H25N3O2/c1-14-7-6-8-21(15(14)2)23-22(26)18-9-11-19(12-10-18)27-13-20-16(3)24-25(5)17(20)4/h6-12H,13H2,1-5H3,(H,23,26). The van der Waals surface area contributed by atoms with Crippen LogP contribution in [0.1, 0.15) is 38.4 Å². The Morgan fingerprint density at radius 2 is 1.78 bits per heavy atom. The average Bonchev–Trinajstić information content (AvgIpc) is 2.89. The second-order valence-electron chi connectivity index (χ2n) is 6.79. The summed E-state index contributed by atoms with van der Waals surface area (Å²) in [5.74, 6) is 0.593. The average molecular weight is 363 g/mol. The molecule has 0 aliphatic heterocycles. The molecule has 27 heavy (non-hydrogen) atoms. The van der Waals surface area contributed by atoms with Crippen LogP contribution in [0.4, 0.5) is 5.69 Å². The maximum atomic E-state index is 12.5. The van der Waals surface area contributed by atoms with Gasteiger partial charge in [0, 0.05) is 29.6 Å². The highest BCUT2D eigenvalue weighted by atomic mass is 16.5. The quantitative estimate of drug-likeness (QED) is 0.727. The number of hydrogen-bond acceptors (Lipinski definition) is 3. The van der Waals surface area contributed by atoms with Crippen molar-refractivity contribution in [1.29, 1.82) is 0 Å². The molecule has 0 radical (unpaired) electrons. The van der Waals surface area contributed by atoms with Gasteiger partial charge in [0.05, 0.1) is 5.69 Å². The molecule has 0 saturated heterocycles. The first-order chi connectivity index (χ1) is 12.9. The second-order valence-corrected chi connectivity index (χ2v) is 6.79. The largest absolute Gasteiger partial charge is 0.489 e. The lowest BCUT2D eigenvalue weighted by atomic mass is 10.1. The number of amides is 1. The molecule has 0 unspecified atom stereocenters. The van der Waals surface area contributed by atoms with Crippen molar-refractivity contribution < 1.29 is 9.53 Å². The third-order valence-electron chi connectivity index (χ3n) is 5.01. The Labute approximate surface area is 160 Å². The van der Waals surface area contributed by atoms with Gasteiger partial charge in [0.1, 0.15) is 12.4 Å². The van der Waals surface area contributed by atoms with Crippen LogP contribution in [0.25, 0.3) is 0 Å². The number of anilines is 1. The third-order valence-corrected chi connectivity index (χ3v) is 5.01. The van der Waals surface area contributed by atoms with E-state index in [4.69, 9.17) is 4.74 Å². The van der Waals surface area contributed by atoms with Crippen molar-refractivity contribution in [2.75, 3.05) is 5.32 Å². The molecule has 2 aromatic carbocycles. The normalized spacial score (nSPS) is 10.7. The Balaban J connectivity index is 1.66. The molecular formula is C22H25N3O2. The van der Waals surface area contributed by atoms with E-state index in [0.29, 0.717) is 12.2 Å². The number of rotatable bonds is 5. The minimum atomic E-state index is -0.130. The van der Waals surface area contributed by atoms with E-state index < -0.39 is 0 Å². The van der Waals surface area contributed by atoms with Crippen LogP contribution in [0.2, 0.25) is 0 Å². The van der Waals surface area contributed by atoms with Gasteiger partial charge in [0.2, 0.25) is 0 Å². The molecule has 1 heterocycles. The Morgan fingerprint density at radius 3 is 2.41 bits per heavy atom. The molecule has 5 nitrogen and oxygen atoms in total. The van der Waals surface area contributed by atoms with E-state index in [1.807, 2.05) is 69.8 Å². The molecule has 1 N–H and O–H groups in total. The summed E-state index contributed by atoms with van der Waals surface area (Å²) < 4.78 is 7.73. The van der Waals surface area contributed by atoms with E-state index >= 15 is 0 Å². The molecule has 140 valence electrons. The number of hydrogen-bond donors (Lipinski definition) is 1. The molecule has 0 aliphatic rings. The zero-order valence-corrected chi connectivity index (χ0v) is 16.5. The van der Waals surface area contributed by atoms with Gasteiger partial charge in [-0.25, -0.2) is 0 Å². The number of nitrogens with one attached hydrogen (secondary N) is 1. The van der Waals surface area contributed by atoms with Gasteiger partial charge < -0.3 is 10.1 Å². The Hall–Kier alpha value is -3.08. The fourth-order valence-electron chi connectivity index (χ4n) is 2.97. The van der Waals surface area contributed by atoms with Crippen LogP contribution in [-0.4, -0.2) is 15.7 Å². The maximum absolute atomic E-state index is 12.5. The maximum Gasteiger partial charge on any atom is 0.255 e. The molecule has 0 atom stereocenters. The molecule has 3 aromatic rings. The molecule has 0 spiro atoms. The van der Waals surface area contributed by atoms with Crippen LogP contribution >= 0.6 is 0 Å². The van der Waals surface area contributed by atoms with Gasteiger partial charge in [-0.3, -0.25) is 9.48 Å². The highest BCUT2D eigenvalue weighted by molar-refractivity contribution is 6.04. The minimum absolute atomic E-state index is 0.130. The van der Waals surface area contributed by atoms with E-state index in [1.54, 1.807) is 12.1 Å². The van der Waals surface area contributed by atoms with Crippen LogP contribution in [-0.2, 0) is 13.7 Å². The number of carbonyl (C=O) groups excluding carboxylic acids is 1. The topological polar surface area (TPSA) is 56.1 Å². The smallest absolute Gasteiger partial charge is 0.255 e. The number of aromatic nitrogens is 2. The van der Waals surface area contributed by atoms with Crippen LogP contribution in [0.5, 0.6) is 5.75 Å². The van der Waals surface area contributed by atoms with Crippen LogP contribution in [0.3, 0.4) is 0 Å². The Kier molecular flexibility index (Phi) is 5.31. The molecule has 0 fully saturated rings. The van der Waals surface area contributed by atoms with Crippen molar-refractivity contribution in [3.8, 4) is 5.75 Å². The molecular weight excluding hydrogens is 338 g/mol. The summed E-state index contributed by atoms with van der Waals surface area (Å²) in [6, 6.07) is 13.1. The zero-order chi connectivity index (χ0) is 19.6. The highest BCUT2D eigenvalue weighted by Gasteiger charge is 2.11. The molecule has 0 aliphatic carbocycles. The van der Waals surface area contributed by atoms with Gasteiger partial charge in [-0.1, -0.05) is 12.1 Å². The van der Waals surface area contributed by atoms with Crippen molar-refractivity contribution >= 4 is 11.6 Å². The summed E-state index contributed by atoms with van der Waals surface area (Å²) >= 11 is 0. The predicted molar refractivity (Wildman–Crippen MR) is 107 cm³/mol. The summed E-state index contributed by atoms with van der Waals surface area (Å²) in [4.78, 5) is 12.5. The first kappa shape index (κ1) is 18.7. The van der Waals surface area contributed by atoms with Crippen molar-refractivity contribution in [2.24, 2.45) is 7.05 Å². The van der Waals surface area contributed by atoms with Gasteiger partial charge in [0.25, 0.3) is 5.91 Å². The van der Waals surface area contributed by atoms with Crippen molar-refractivity contribution in [2.45, 2.75) is 34.3 Å². The summed E-state index contributed by atoms with van der Waals surface area (Å²) in [6.45, 7) is 8.50. The van der Waals surface area contributed by atoms with E-state index in [1.165, 1.54) is 0 Å². The summed E-state index contributed by atoms with van der Waals surface area (Å²) in [6.07, 6.45) is 0. The predicted octanol–water partition coefficient (Wildman–Crippen LogP) is 4.49. The van der Waals surface area contributed by atoms with Crippen molar-refractivity contribution in [3.05, 3.63) is 76.1 Å². The van der Waals surface area contributed by atoms with Crippen molar-refractivity contribution in [3.63, 3.8) is 0 Å². The third kappa shape index (κ3) is 4.03. The first-order valence-electron chi connectivity index (χ1n) is 8.96. The van der Waals surface area contributed by atoms with E-state index in [0.717, 1.165) is 39.5 Å². The lowest BCUT2D eigenvalue weighted by molar-refractivity contribution is 0.102.